The van der Waals surface area contributed by atoms with Gasteiger partial charge in [0.1, 0.15) is 0 Å². The van der Waals surface area contributed by atoms with Crippen LogP contribution < -0.4 is 5.32 Å². The van der Waals surface area contributed by atoms with E-state index >= 15 is 0 Å². The van der Waals surface area contributed by atoms with E-state index in [1.54, 1.807) is 18.5 Å². The van der Waals surface area contributed by atoms with E-state index in [0.29, 0.717) is 29.9 Å². The van der Waals surface area contributed by atoms with Gasteiger partial charge in [0, 0.05) is 35.2 Å². The molecule has 0 fully saturated rings. The number of rotatable bonds is 3. The van der Waals surface area contributed by atoms with E-state index in [2.05, 4.69) is 74.8 Å². The highest BCUT2D eigenvalue weighted by molar-refractivity contribution is 9.10. The summed E-state index contributed by atoms with van der Waals surface area (Å²) < 4.78 is 0.815. The quantitative estimate of drug-likeness (QED) is 0.658. The summed E-state index contributed by atoms with van der Waals surface area (Å²) in [7, 11) is 0. The standard InChI is InChI=1S/C23H19BrN2O/c24-16-9-15(11-25-13-16)23(27)26-12-14-10-21-17-5-1-3-7-19(17)22(14)20-8-4-2-6-18(20)21/h1-9,11,13-14,21-22H,10,12H2,(H,26,27). The number of nitrogens with one attached hydrogen (secondary N) is 1. The van der Waals surface area contributed by atoms with E-state index < -0.39 is 0 Å². The van der Waals surface area contributed by atoms with Crippen molar-refractivity contribution in [3.05, 3.63) is 99.3 Å². The number of nitrogens with zero attached hydrogens (tertiary/aromatic N) is 1. The maximum absolute atomic E-state index is 12.6. The van der Waals surface area contributed by atoms with Crippen LogP contribution >= 0.6 is 15.9 Å². The van der Waals surface area contributed by atoms with Gasteiger partial charge in [-0.25, -0.2) is 0 Å². The fraction of sp³-hybridized carbons (Fsp3) is 0.217. The molecule has 1 N–H and O–H groups in total. The predicted molar refractivity (Wildman–Crippen MR) is 109 cm³/mol. The molecule has 1 atom stereocenters. The molecule has 134 valence electrons. The Morgan fingerprint density at radius 3 is 2.26 bits per heavy atom. The van der Waals surface area contributed by atoms with Crippen LogP contribution in [-0.4, -0.2) is 17.4 Å². The Balaban J connectivity index is 1.43. The fourth-order valence-electron chi connectivity index (χ4n) is 4.82. The number of carbonyl (C=O) groups excluding carboxylic acids is 1. The molecular weight excluding hydrogens is 400 g/mol. The van der Waals surface area contributed by atoms with E-state index in [9.17, 15) is 4.79 Å². The highest BCUT2D eigenvalue weighted by atomic mass is 79.9. The number of aromatic nitrogens is 1. The Kier molecular flexibility index (Phi) is 4.09. The number of hydrogen-bond acceptors (Lipinski definition) is 2. The van der Waals surface area contributed by atoms with Crippen molar-refractivity contribution in [3.8, 4) is 0 Å². The summed E-state index contributed by atoms with van der Waals surface area (Å²) in [6.45, 7) is 0.676. The Labute approximate surface area is 167 Å². The smallest absolute Gasteiger partial charge is 0.252 e. The Bertz CT molecular complexity index is 985. The van der Waals surface area contributed by atoms with Crippen LogP contribution in [-0.2, 0) is 0 Å². The molecule has 1 aromatic heterocycles. The summed E-state index contributed by atoms with van der Waals surface area (Å²) in [6.07, 6.45) is 4.37. The van der Waals surface area contributed by atoms with Crippen molar-refractivity contribution in [1.82, 2.24) is 10.3 Å². The first-order valence-electron chi connectivity index (χ1n) is 9.29. The number of amides is 1. The van der Waals surface area contributed by atoms with Gasteiger partial charge in [-0.2, -0.15) is 0 Å². The lowest BCUT2D eigenvalue weighted by atomic mass is 9.59. The Morgan fingerprint density at radius 2 is 1.63 bits per heavy atom. The first kappa shape index (κ1) is 16.7. The summed E-state index contributed by atoms with van der Waals surface area (Å²) in [5, 5.41) is 3.14. The average Bonchev–Trinajstić information content (AvgIpc) is 2.72. The molecule has 3 aliphatic carbocycles. The van der Waals surface area contributed by atoms with Gasteiger partial charge in [0.15, 0.2) is 0 Å². The third-order valence-corrected chi connectivity index (χ3v) is 6.35. The van der Waals surface area contributed by atoms with Crippen LogP contribution in [0, 0.1) is 5.92 Å². The van der Waals surface area contributed by atoms with Crippen molar-refractivity contribution >= 4 is 21.8 Å². The third-order valence-electron chi connectivity index (χ3n) is 5.91. The first-order valence-corrected chi connectivity index (χ1v) is 10.1. The Morgan fingerprint density at radius 1 is 1.00 bits per heavy atom. The summed E-state index contributed by atoms with van der Waals surface area (Å²) in [4.78, 5) is 16.7. The average molecular weight is 419 g/mol. The van der Waals surface area contributed by atoms with Gasteiger partial charge in [-0.3, -0.25) is 9.78 Å². The highest BCUT2D eigenvalue weighted by Gasteiger charge is 2.42. The Hall–Kier alpha value is -2.46. The van der Waals surface area contributed by atoms with Crippen LogP contribution in [0.4, 0.5) is 0 Å². The molecule has 1 heterocycles. The minimum atomic E-state index is -0.0631. The number of fused-ring (bicyclic) bond motifs is 1. The SMILES string of the molecule is O=C(NCC1CC2c3ccccc3C1c1ccccc12)c1cncc(Br)c1. The highest BCUT2D eigenvalue weighted by Crippen LogP contribution is 2.55. The van der Waals surface area contributed by atoms with Crippen molar-refractivity contribution in [2.24, 2.45) is 5.92 Å². The van der Waals surface area contributed by atoms with Gasteiger partial charge in [-0.15, -0.1) is 0 Å². The molecule has 1 amide bonds. The van der Waals surface area contributed by atoms with Crippen molar-refractivity contribution in [2.45, 2.75) is 18.3 Å². The predicted octanol–water partition coefficient (Wildman–Crippen LogP) is 4.87. The van der Waals surface area contributed by atoms with E-state index in [1.165, 1.54) is 22.3 Å². The van der Waals surface area contributed by atoms with Crippen LogP contribution in [0.25, 0.3) is 0 Å². The van der Waals surface area contributed by atoms with E-state index in [0.717, 1.165) is 10.9 Å². The van der Waals surface area contributed by atoms with Crippen molar-refractivity contribution in [1.29, 1.82) is 0 Å². The van der Waals surface area contributed by atoms with E-state index in [4.69, 9.17) is 0 Å². The lowest BCUT2D eigenvalue weighted by Crippen LogP contribution is -2.39. The summed E-state index contributed by atoms with van der Waals surface area (Å²) in [5.41, 5.74) is 6.36. The first-order chi connectivity index (χ1) is 13.2. The fourth-order valence-corrected chi connectivity index (χ4v) is 5.19. The molecule has 3 aromatic rings. The van der Waals surface area contributed by atoms with Gasteiger partial charge < -0.3 is 5.32 Å². The van der Waals surface area contributed by atoms with Crippen LogP contribution in [0.5, 0.6) is 0 Å². The molecule has 0 radical (unpaired) electrons. The van der Waals surface area contributed by atoms with Crippen molar-refractivity contribution in [2.75, 3.05) is 6.54 Å². The minimum absolute atomic E-state index is 0.0631. The topological polar surface area (TPSA) is 42.0 Å². The zero-order valence-corrected chi connectivity index (χ0v) is 16.3. The molecule has 0 spiro atoms. The molecule has 2 bridgehead atoms. The van der Waals surface area contributed by atoms with Crippen LogP contribution in [0.15, 0.2) is 71.5 Å². The third kappa shape index (κ3) is 2.79. The van der Waals surface area contributed by atoms with Gasteiger partial charge in [-0.05, 0) is 56.6 Å². The van der Waals surface area contributed by atoms with Crippen LogP contribution in [0.1, 0.15) is 50.9 Å². The van der Waals surface area contributed by atoms with Crippen molar-refractivity contribution in [3.63, 3.8) is 0 Å². The van der Waals surface area contributed by atoms with Gasteiger partial charge in [-0.1, -0.05) is 48.5 Å². The van der Waals surface area contributed by atoms with Gasteiger partial charge in [0.25, 0.3) is 5.91 Å². The molecule has 0 aliphatic heterocycles. The van der Waals surface area contributed by atoms with Gasteiger partial charge in [0.05, 0.1) is 5.56 Å². The molecule has 27 heavy (non-hydrogen) atoms. The zero-order chi connectivity index (χ0) is 18.4. The molecule has 2 aromatic carbocycles. The number of benzene rings is 2. The van der Waals surface area contributed by atoms with Crippen LogP contribution in [0.2, 0.25) is 0 Å². The second-order valence-corrected chi connectivity index (χ2v) is 8.30. The molecule has 3 nitrogen and oxygen atoms in total. The zero-order valence-electron chi connectivity index (χ0n) is 14.7. The van der Waals surface area contributed by atoms with E-state index in [-0.39, 0.29) is 5.91 Å². The van der Waals surface area contributed by atoms with Crippen LogP contribution in [0.3, 0.4) is 0 Å². The maximum atomic E-state index is 12.6. The van der Waals surface area contributed by atoms with Gasteiger partial charge >= 0.3 is 0 Å². The minimum Gasteiger partial charge on any atom is -0.352 e. The number of halogens is 1. The summed E-state index contributed by atoms with van der Waals surface area (Å²) in [6, 6.07) is 19.4. The van der Waals surface area contributed by atoms with Crippen molar-refractivity contribution < 1.29 is 4.79 Å². The molecule has 3 aliphatic rings. The molecule has 1 unspecified atom stereocenters. The van der Waals surface area contributed by atoms with E-state index in [1.807, 2.05) is 0 Å². The monoisotopic (exact) mass is 418 g/mol. The molecule has 0 saturated carbocycles. The summed E-state index contributed by atoms with van der Waals surface area (Å²) in [5.74, 6) is 1.12. The molecule has 0 saturated heterocycles. The molecular formula is C23H19BrN2O. The second-order valence-electron chi connectivity index (χ2n) is 7.39. The second kappa shape index (κ2) is 6.61. The summed E-state index contributed by atoms with van der Waals surface area (Å²) >= 11 is 3.38. The molecule has 6 rings (SSSR count). The largest absolute Gasteiger partial charge is 0.352 e. The lowest BCUT2D eigenvalue weighted by Gasteiger charge is -2.45. The normalized spacial score (nSPS) is 22.0. The number of carbonyl (C=O) groups is 1. The van der Waals surface area contributed by atoms with Gasteiger partial charge in [0.2, 0.25) is 0 Å². The number of pyridine rings is 1. The number of hydrogen-bond donors (Lipinski definition) is 1. The maximum Gasteiger partial charge on any atom is 0.252 e. The molecule has 4 heteroatoms. The lowest BCUT2D eigenvalue weighted by molar-refractivity contribution is 0.0942.